The van der Waals surface area contributed by atoms with Crippen LogP contribution in [-0.2, 0) is 11.2 Å². The number of halogens is 1. The van der Waals surface area contributed by atoms with Gasteiger partial charge in [-0.1, -0.05) is 35.9 Å². The van der Waals surface area contributed by atoms with Crippen molar-refractivity contribution >= 4 is 17.5 Å². The second kappa shape index (κ2) is 7.55. The molecule has 0 radical (unpaired) electrons. The Morgan fingerprint density at radius 1 is 1.22 bits per heavy atom. The highest BCUT2D eigenvalue weighted by Gasteiger charge is 2.30. The van der Waals surface area contributed by atoms with Crippen LogP contribution in [0.5, 0.6) is 0 Å². The van der Waals surface area contributed by atoms with Crippen molar-refractivity contribution in [2.75, 3.05) is 6.54 Å². The van der Waals surface area contributed by atoms with E-state index in [9.17, 15) is 4.79 Å². The molecule has 5 nitrogen and oxygen atoms in total. The maximum Gasteiger partial charge on any atom is 0.238 e. The molecule has 1 amide bonds. The lowest BCUT2D eigenvalue weighted by Gasteiger charge is -2.11. The number of aromatic nitrogens is 1. The van der Waals surface area contributed by atoms with Gasteiger partial charge in [0.1, 0.15) is 6.04 Å². The average molecular weight is 331 g/mol. The van der Waals surface area contributed by atoms with Crippen LogP contribution < -0.4 is 16.2 Å². The van der Waals surface area contributed by atoms with E-state index < -0.39 is 0 Å². The quantitative estimate of drug-likeness (QED) is 0.784. The van der Waals surface area contributed by atoms with Gasteiger partial charge >= 0.3 is 0 Å². The largest absolute Gasteiger partial charge is 0.354 e. The molecule has 2 aromatic rings. The Kier molecular flexibility index (Phi) is 5.23. The summed E-state index contributed by atoms with van der Waals surface area (Å²) in [5.41, 5.74) is 8.17. The van der Waals surface area contributed by atoms with Crippen LogP contribution in [0.2, 0.25) is 5.02 Å². The topological polar surface area (TPSA) is 66.0 Å². The van der Waals surface area contributed by atoms with E-state index in [1.165, 1.54) is 0 Å². The maximum atomic E-state index is 12.2. The number of hydrogen-bond donors (Lipinski definition) is 3. The van der Waals surface area contributed by atoms with Crippen molar-refractivity contribution in [3.8, 4) is 0 Å². The number of carbonyl (C=O) groups is 1. The molecule has 1 aliphatic rings. The monoisotopic (exact) mass is 330 g/mol. The van der Waals surface area contributed by atoms with Crippen LogP contribution in [0.25, 0.3) is 0 Å². The Labute approximate surface area is 140 Å². The first kappa shape index (κ1) is 15.9. The Balaban J connectivity index is 1.49. The molecule has 3 N–H and O–H groups in total. The van der Waals surface area contributed by atoms with Gasteiger partial charge in [0.2, 0.25) is 5.91 Å². The Morgan fingerprint density at radius 2 is 2.04 bits per heavy atom. The lowest BCUT2D eigenvalue weighted by molar-refractivity contribution is -0.122. The molecule has 1 aromatic heterocycles. The highest BCUT2D eigenvalue weighted by atomic mass is 35.5. The summed E-state index contributed by atoms with van der Waals surface area (Å²) >= 11 is 6.21. The van der Waals surface area contributed by atoms with Gasteiger partial charge in [0, 0.05) is 35.9 Å². The summed E-state index contributed by atoms with van der Waals surface area (Å²) in [5.74, 6) is -0.0111. The lowest BCUT2D eigenvalue weighted by atomic mass is 10.0. The van der Waals surface area contributed by atoms with E-state index >= 15 is 0 Å². The number of nitrogens with zero attached hydrogens (tertiary/aromatic N) is 1. The van der Waals surface area contributed by atoms with Gasteiger partial charge in [-0.25, -0.2) is 10.9 Å². The number of benzene rings is 1. The molecular formula is C17H19ClN4O. The summed E-state index contributed by atoms with van der Waals surface area (Å²) in [4.78, 5) is 16.5. The van der Waals surface area contributed by atoms with Crippen molar-refractivity contribution in [1.29, 1.82) is 0 Å². The molecule has 0 bridgehead atoms. The van der Waals surface area contributed by atoms with Gasteiger partial charge in [0.05, 0.1) is 0 Å². The summed E-state index contributed by atoms with van der Waals surface area (Å²) in [6.07, 6.45) is 3.15. The third kappa shape index (κ3) is 4.07. The third-order valence-corrected chi connectivity index (χ3v) is 4.25. The van der Waals surface area contributed by atoms with Crippen LogP contribution in [0.3, 0.4) is 0 Å². The van der Waals surface area contributed by atoms with E-state index in [1.807, 2.05) is 42.5 Å². The number of pyridine rings is 1. The molecule has 2 atom stereocenters. The molecule has 3 rings (SSSR count). The minimum atomic E-state index is -0.264. The normalized spacial score (nSPS) is 20.4. The second-order valence-electron chi connectivity index (χ2n) is 5.51. The van der Waals surface area contributed by atoms with Crippen LogP contribution >= 0.6 is 11.6 Å². The van der Waals surface area contributed by atoms with Gasteiger partial charge in [-0.15, -0.1) is 0 Å². The summed E-state index contributed by atoms with van der Waals surface area (Å²) in [6.45, 7) is 0.574. The first-order chi connectivity index (χ1) is 11.2. The van der Waals surface area contributed by atoms with Crippen LogP contribution in [0.4, 0.5) is 0 Å². The first-order valence-electron chi connectivity index (χ1n) is 7.67. The van der Waals surface area contributed by atoms with Gasteiger partial charge in [-0.2, -0.15) is 0 Å². The van der Waals surface area contributed by atoms with Crippen LogP contribution in [0.15, 0.2) is 48.7 Å². The van der Waals surface area contributed by atoms with E-state index in [0.717, 1.165) is 17.7 Å². The van der Waals surface area contributed by atoms with E-state index in [2.05, 4.69) is 21.2 Å². The van der Waals surface area contributed by atoms with Crippen molar-refractivity contribution in [3.05, 3.63) is 64.9 Å². The molecule has 1 aromatic carbocycles. The van der Waals surface area contributed by atoms with Gasteiger partial charge in [0.25, 0.3) is 0 Å². The molecular weight excluding hydrogens is 312 g/mol. The number of amides is 1. The van der Waals surface area contributed by atoms with Crippen LogP contribution in [0, 0.1) is 0 Å². The van der Waals surface area contributed by atoms with Crippen molar-refractivity contribution < 1.29 is 4.79 Å². The van der Waals surface area contributed by atoms with Crippen molar-refractivity contribution in [2.24, 2.45) is 0 Å². The minimum absolute atomic E-state index is 0.0111. The molecule has 120 valence electrons. The van der Waals surface area contributed by atoms with Crippen molar-refractivity contribution in [3.63, 3.8) is 0 Å². The van der Waals surface area contributed by atoms with Gasteiger partial charge in [-0.05, 0) is 30.2 Å². The van der Waals surface area contributed by atoms with E-state index in [1.54, 1.807) is 6.20 Å². The smallest absolute Gasteiger partial charge is 0.238 e. The Morgan fingerprint density at radius 3 is 2.83 bits per heavy atom. The van der Waals surface area contributed by atoms with Crippen molar-refractivity contribution in [1.82, 2.24) is 21.2 Å². The molecule has 23 heavy (non-hydrogen) atoms. The summed E-state index contributed by atoms with van der Waals surface area (Å²) in [7, 11) is 0. The summed E-state index contributed by atoms with van der Waals surface area (Å²) < 4.78 is 0. The minimum Gasteiger partial charge on any atom is -0.354 e. The second-order valence-corrected chi connectivity index (χ2v) is 5.92. The molecule has 0 saturated carbocycles. The third-order valence-electron chi connectivity index (χ3n) is 3.91. The van der Waals surface area contributed by atoms with Crippen molar-refractivity contribution in [2.45, 2.75) is 24.9 Å². The molecule has 6 heteroatoms. The summed E-state index contributed by atoms with van der Waals surface area (Å²) in [5, 5.41) is 3.66. The maximum absolute atomic E-state index is 12.2. The molecule has 2 unspecified atom stereocenters. The fourth-order valence-corrected chi connectivity index (χ4v) is 2.94. The zero-order chi connectivity index (χ0) is 16.1. The highest BCUT2D eigenvalue weighted by molar-refractivity contribution is 6.31. The van der Waals surface area contributed by atoms with Crippen LogP contribution in [0.1, 0.15) is 23.7 Å². The molecule has 1 saturated heterocycles. The average Bonchev–Trinajstić information content (AvgIpc) is 3.06. The zero-order valence-electron chi connectivity index (χ0n) is 12.6. The molecule has 1 fully saturated rings. The number of carbonyl (C=O) groups excluding carboxylic acids is 1. The van der Waals surface area contributed by atoms with Gasteiger partial charge in [-0.3, -0.25) is 9.78 Å². The highest BCUT2D eigenvalue weighted by Crippen LogP contribution is 2.28. The van der Waals surface area contributed by atoms with Gasteiger partial charge in [0.15, 0.2) is 0 Å². The molecule has 0 aliphatic carbocycles. The SMILES string of the molecule is O=C(NCCc1ccccn1)C1CC(c2ccccc2Cl)NN1. The molecule has 2 heterocycles. The Bertz CT molecular complexity index is 665. The first-order valence-corrected chi connectivity index (χ1v) is 8.05. The van der Waals surface area contributed by atoms with Gasteiger partial charge < -0.3 is 5.32 Å². The summed E-state index contributed by atoms with van der Waals surface area (Å²) in [6, 6.07) is 13.2. The number of hydrazine groups is 1. The number of hydrogen-bond acceptors (Lipinski definition) is 4. The fourth-order valence-electron chi connectivity index (χ4n) is 2.67. The zero-order valence-corrected chi connectivity index (χ0v) is 13.4. The van der Waals surface area contributed by atoms with Crippen LogP contribution in [-0.4, -0.2) is 23.5 Å². The predicted octanol–water partition coefficient (Wildman–Crippen LogP) is 2.00. The van der Waals surface area contributed by atoms with E-state index in [0.29, 0.717) is 18.0 Å². The predicted molar refractivity (Wildman–Crippen MR) is 89.8 cm³/mol. The van der Waals surface area contributed by atoms with E-state index in [-0.39, 0.29) is 18.0 Å². The lowest BCUT2D eigenvalue weighted by Crippen LogP contribution is -2.43. The Hall–Kier alpha value is -1.95. The number of nitrogens with one attached hydrogen (secondary N) is 3. The number of rotatable bonds is 5. The standard InChI is InChI=1S/C17H19ClN4O/c18-14-7-2-1-6-13(14)15-11-16(22-21-15)17(23)20-10-8-12-5-3-4-9-19-12/h1-7,9,15-16,21-22H,8,10-11H2,(H,20,23). The fraction of sp³-hybridized carbons (Fsp3) is 0.294. The van der Waals surface area contributed by atoms with E-state index in [4.69, 9.17) is 11.6 Å². The molecule has 1 aliphatic heterocycles. The molecule has 0 spiro atoms.